The van der Waals surface area contributed by atoms with E-state index in [0.717, 1.165) is 70.6 Å². The Labute approximate surface area is 374 Å². The summed E-state index contributed by atoms with van der Waals surface area (Å²) in [5, 5.41) is 40.8. The van der Waals surface area contributed by atoms with Crippen LogP contribution in [0.1, 0.15) is 136 Å². The maximum atomic E-state index is 12.8. The zero-order valence-corrected chi connectivity index (χ0v) is 39.0. The molecule has 364 valence electrons. The van der Waals surface area contributed by atoms with Crippen LogP contribution >= 0.6 is 15.6 Å². The summed E-state index contributed by atoms with van der Waals surface area (Å²) in [7, 11) is -9.80. The van der Waals surface area contributed by atoms with E-state index in [-0.39, 0.29) is 25.2 Å². The summed E-state index contributed by atoms with van der Waals surface area (Å²) in [5.74, 6) is -1.62. The van der Waals surface area contributed by atoms with Crippen LogP contribution in [0.4, 0.5) is 0 Å². The number of rotatable bonds is 37. The van der Waals surface area contributed by atoms with Crippen molar-refractivity contribution in [2.75, 3.05) is 26.4 Å². The Morgan fingerprint density at radius 2 is 1.33 bits per heavy atom. The molecule has 0 radical (unpaired) electrons. The molecule has 0 aliphatic carbocycles. The molecule has 19 heteroatoms. The van der Waals surface area contributed by atoms with Crippen LogP contribution in [0.25, 0.3) is 0 Å². The molecule has 7 N–H and O–H groups in total. The molecule has 0 bridgehead atoms. The number of phosphoric ester groups is 2. The Hall–Kier alpha value is -2.34. The number of hydrogen-bond acceptors (Lipinski definition) is 14. The lowest BCUT2D eigenvalue weighted by Gasteiger charge is -2.36. The van der Waals surface area contributed by atoms with E-state index in [1.54, 1.807) is 12.2 Å². The monoisotopic (exact) mass is 938 g/mol. The molecule has 0 aromatic carbocycles. The zero-order valence-electron chi connectivity index (χ0n) is 37.2. The van der Waals surface area contributed by atoms with Crippen LogP contribution < -0.4 is 0 Å². The van der Waals surface area contributed by atoms with Crippen molar-refractivity contribution >= 4 is 27.6 Å². The van der Waals surface area contributed by atoms with Gasteiger partial charge >= 0.3 is 27.6 Å². The number of carbonyl (C=O) groups excluding carboxylic acids is 2. The maximum Gasteiger partial charge on any atom is 0.472 e. The molecular weight excluding hydrogens is 862 g/mol. The number of aliphatic hydroxyl groups excluding tert-OH is 4. The van der Waals surface area contributed by atoms with E-state index >= 15 is 0 Å². The molecule has 0 aromatic rings. The second-order valence-electron chi connectivity index (χ2n) is 15.5. The molecule has 0 saturated carbocycles. The van der Waals surface area contributed by atoms with Gasteiger partial charge in [-0.1, -0.05) is 113 Å². The van der Waals surface area contributed by atoms with Gasteiger partial charge in [0.15, 0.2) is 12.4 Å². The minimum atomic E-state index is -4.91. The van der Waals surface area contributed by atoms with Gasteiger partial charge in [-0.3, -0.25) is 23.2 Å². The normalized spacial score (nSPS) is 21.2. The molecule has 2 unspecified atom stereocenters. The van der Waals surface area contributed by atoms with Gasteiger partial charge < -0.3 is 49.3 Å². The maximum absolute atomic E-state index is 12.8. The largest absolute Gasteiger partial charge is 0.472 e. The second-order valence-corrected chi connectivity index (χ2v) is 18.2. The van der Waals surface area contributed by atoms with E-state index in [9.17, 15) is 44.0 Å². The second kappa shape index (κ2) is 35.9. The number of ether oxygens (including phenoxy) is 3. The van der Waals surface area contributed by atoms with Crippen LogP contribution in [-0.2, 0) is 46.5 Å². The lowest BCUT2D eigenvalue weighted by Crippen LogP contribution is -2.43. The molecule has 1 saturated heterocycles. The highest BCUT2D eigenvalue weighted by Gasteiger charge is 2.35. The average Bonchev–Trinajstić information content (AvgIpc) is 3.22. The van der Waals surface area contributed by atoms with Crippen LogP contribution in [0.3, 0.4) is 0 Å². The van der Waals surface area contributed by atoms with Gasteiger partial charge in [0, 0.05) is 25.2 Å². The summed E-state index contributed by atoms with van der Waals surface area (Å²) >= 11 is 0. The van der Waals surface area contributed by atoms with E-state index in [1.165, 1.54) is 0 Å². The van der Waals surface area contributed by atoms with Gasteiger partial charge in [0.05, 0.1) is 38.1 Å². The van der Waals surface area contributed by atoms with Crippen LogP contribution in [0.15, 0.2) is 60.8 Å². The smallest absolute Gasteiger partial charge is 0.462 e. The zero-order chi connectivity index (χ0) is 46.8. The Kier molecular flexibility index (Phi) is 33.4. The third-order valence-corrected chi connectivity index (χ3v) is 11.1. The number of allylic oxidation sites excluding steroid dienone is 8. The molecule has 8 atom stereocenters. The van der Waals surface area contributed by atoms with Crippen LogP contribution in [0.2, 0.25) is 0 Å². The summed E-state index contributed by atoms with van der Waals surface area (Å²) in [6.07, 6.45) is 26.9. The van der Waals surface area contributed by atoms with E-state index in [0.29, 0.717) is 32.1 Å². The number of unbranched alkanes of at least 4 members (excludes halogenated alkanes) is 8. The summed E-state index contributed by atoms with van der Waals surface area (Å²) in [6.45, 7) is 1.19. The van der Waals surface area contributed by atoms with Gasteiger partial charge in [0.25, 0.3) is 0 Å². The van der Waals surface area contributed by atoms with Crippen molar-refractivity contribution in [1.29, 1.82) is 0 Å². The highest BCUT2D eigenvalue weighted by Crippen LogP contribution is 2.44. The molecule has 0 amide bonds. The average molecular weight is 939 g/mol. The first-order valence-corrected chi connectivity index (χ1v) is 25.4. The fraction of sp³-hybridized carbons (Fsp3) is 0.727. The Morgan fingerprint density at radius 1 is 0.714 bits per heavy atom. The van der Waals surface area contributed by atoms with E-state index in [2.05, 4.69) is 59.4 Å². The molecule has 1 fully saturated rings. The predicted molar refractivity (Wildman–Crippen MR) is 238 cm³/mol. The van der Waals surface area contributed by atoms with E-state index in [1.807, 2.05) is 12.2 Å². The van der Waals surface area contributed by atoms with Crippen molar-refractivity contribution in [2.45, 2.75) is 173 Å². The standard InChI is InChI=1S/C44H76O17P2/c1-3-5-7-8-9-10-11-12-13-14-15-16-17-18-23-27-42(48)56-34-38(35-59-63(54,55)58-33-37(46)32-57-62(51,52)53)60-43(49)28-24-20-19-22-26-39-40(47)31-44(50)61-41(39)30-29-36(45)25-21-6-4-2/h5,7,9-10,12-13,19,22,29-30,36-41,44-47,50H,3-4,6,8,11,14-18,20-21,23-28,31-35H2,1-2H3,(H,54,55)(H2,51,52,53)/b7-5-,10-9-,13-12-,22-19-,30-29+/t36-,37-,38+,39-,40-,41+,44?/m0/s1. The molecule has 0 spiro atoms. The molecule has 1 aliphatic heterocycles. The van der Waals surface area contributed by atoms with E-state index in [4.69, 9.17) is 28.5 Å². The van der Waals surface area contributed by atoms with E-state index < -0.39 is 90.8 Å². The van der Waals surface area contributed by atoms with Crippen molar-refractivity contribution in [1.82, 2.24) is 0 Å². The minimum Gasteiger partial charge on any atom is -0.462 e. The number of aliphatic hydroxyl groups is 4. The Morgan fingerprint density at radius 3 is 2.05 bits per heavy atom. The molecule has 1 aliphatic rings. The number of hydrogen-bond donors (Lipinski definition) is 7. The van der Waals surface area contributed by atoms with Gasteiger partial charge in [-0.2, -0.15) is 0 Å². The van der Waals surface area contributed by atoms with Gasteiger partial charge in [-0.15, -0.1) is 0 Å². The molecule has 1 rings (SSSR count). The van der Waals surface area contributed by atoms with Gasteiger partial charge in [0.2, 0.25) is 0 Å². The highest BCUT2D eigenvalue weighted by molar-refractivity contribution is 7.47. The van der Waals surface area contributed by atoms with Crippen molar-refractivity contribution in [3.63, 3.8) is 0 Å². The quantitative estimate of drug-likeness (QED) is 0.0139. The van der Waals surface area contributed by atoms with Crippen molar-refractivity contribution in [2.24, 2.45) is 5.92 Å². The fourth-order valence-corrected chi connectivity index (χ4v) is 7.38. The lowest BCUT2D eigenvalue weighted by atomic mass is 9.87. The van der Waals surface area contributed by atoms with Crippen LogP contribution in [0.5, 0.6) is 0 Å². The Balaban J connectivity index is 2.62. The van der Waals surface area contributed by atoms with Crippen molar-refractivity contribution in [3.05, 3.63) is 60.8 Å². The number of carbonyl (C=O) groups is 2. The SMILES string of the molecule is CC/C=C\C/C=C\C/C=C\CCCCCCCC(=O)OC[C@H](COP(=O)(O)OC[C@@H](O)COP(=O)(O)O)OC(=O)CCC/C=C\C[C@H]1[C@@H](O)CC(O)O[C@@H]1/C=C/[C@@H](O)CCCCC. The molecule has 0 aromatic heterocycles. The van der Waals surface area contributed by atoms with Crippen LogP contribution in [-0.4, -0.2) is 110 Å². The fourth-order valence-electron chi connectivity index (χ4n) is 6.22. The molecule has 1 heterocycles. The third-order valence-electron chi connectivity index (χ3n) is 9.68. The lowest BCUT2D eigenvalue weighted by molar-refractivity contribution is -0.199. The first kappa shape index (κ1) is 58.7. The highest BCUT2D eigenvalue weighted by atomic mass is 31.2. The minimum absolute atomic E-state index is 0.0528. The third kappa shape index (κ3) is 33.8. The summed E-state index contributed by atoms with van der Waals surface area (Å²) in [5.41, 5.74) is 0. The van der Waals surface area contributed by atoms with Crippen molar-refractivity contribution < 1.29 is 81.6 Å². The van der Waals surface area contributed by atoms with Gasteiger partial charge in [-0.25, -0.2) is 9.13 Å². The Bertz CT molecular complexity index is 1460. The predicted octanol–water partition coefficient (Wildman–Crippen LogP) is 7.33. The van der Waals surface area contributed by atoms with Crippen molar-refractivity contribution in [3.8, 4) is 0 Å². The van der Waals surface area contributed by atoms with Gasteiger partial charge in [0.1, 0.15) is 12.7 Å². The topological polar surface area (TPSA) is 265 Å². The van der Waals surface area contributed by atoms with Gasteiger partial charge in [-0.05, 0) is 64.2 Å². The molecular formula is C44H76O17P2. The first-order chi connectivity index (χ1) is 30.0. The first-order valence-electron chi connectivity index (χ1n) is 22.4. The summed E-state index contributed by atoms with van der Waals surface area (Å²) in [6, 6.07) is 0. The molecule has 63 heavy (non-hydrogen) atoms. The summed E-state index contributed by atoms with van der Waals surface area (Å²) in [4.78, 5) is 53.0. The number of phosphoric acid groups is 2. The molecule has 17 nitrogen and oxygen atoms in total. The van der Waals surface area contributed by atoms with Crippen LogP contribution in [0, 0.1) is 5.92 Å². The summed E-state index contributed by atoms with van der Waals surface area (Å²) < 4.78 is 53.4. The number of esters is 2.